The van der Waals surface area contributed by atoms with E-state index in [1.807, 2.05) is 0 Å². The summed E-state index contributed by atoms with van der Waals surface area (Å²) in [6.07, 6.45) is 6.53. The predicted molar refractivity (Wildman–Crippen MR) is 117 cm³/mol. The van der Waals surface area contributed by atoms with Gasteiger partial charge in [0.15, 0.2) is 0 Å². The van der Waals surface area contributed by atoms with Crippen LogP contribution in [0.25, 0.3) is 0 Å². The van der Waals surface area contributed by atoms with E-state index in [0.29, 0.717) is 25.2 Å². The average Bonchev–Trinajstić information content (AvgIpc) is 3.14. The summed E-state index contributed by atoms with van der Waals surface area (Å²) in [6, 6.07) is 8.41. The first-order valence-electron chi connectivity index (χ1n) is 11.2. The third-order valence-corrected chi connectivity index (χ3v) is 6.45. The van der Waals surface area contributed by atoms with Crippen LogP contribution in [0, 0.1) is 0 Å². The van der Waals surface area contributed by atoms with Gasteiger partial charge in [-0.3, -0.25) is 9.78 Å². The number of nitrogens with one attached hydrogen (secondary N) is 1. The Morgan fingerprint density at radius 2 is 2.00 bits per heavy atom. The van der Waals surface area contributed by atoms with Crippen LogP contribution in [0.3, 0.4) is 0 Å². The van der Waals surface area contributed by atoms with Gasteiger partial charge in [0, 0.05) is 38.2 Å². The van der Waals surface area contributed by atoms with Gasteiger partial charge in [0.25, 0.3) is 5.56 Å². The highest BCUT2D eigenvalue weighted by Gasteiger charge is 2.27. The Morgan fingerprint density at radius 1 is 1.10 bits per heavy atom. The van der Waals surface area contributed by atoms with E-state index < -0.39 is 0 Å². The van der Waals surface area contributed by atoms with Gasteiger partial charge < -0.3 is 19.3 Å². The lowest BCUT2D eigenvalue weighted by Gasteiger charge is -2.33. The number of ether oxygens (including phenoxy) is 2. The van der Waals surface area contributed by atoms with Crippen molar-refractivity contribution in [3.05, 3.63) is 45.7 Å². The second-order valence-corrected chi connectivity index (χ2v) is 8.43. The van der Waals surface area contributed by atoms with Crippen molar-refractivity contribution in [1.29, 1.82) is 0 Å². The van der Waals surface area contributed by atoms with Crippen LogP contribution in [-0.2, 0) is 17.6 Å². The van der Waals surface area contributed by atoms with Crippen molar-refractivity contribution in [2.24, 2.45) is 0 Å². The van der Waals surface area contributed by atoms with Crippen molar-refractivity contribution in [3.8, 4) is 5.75 Å². The SMILES string of the molecule is O=c1cc(N2CCOCC2)nc(N2CCCCCC2Cc2cccc3c2OCC3)[nH]1. The minimum Gasteiger partial charge on any atom is -0.493 e. The molecule has 1 aromatic heterocycles. The number of para-hydroxylation sites is 1. The number of aromatic nitrogens is 2. The minimum atomic E-state index is -0.0894. The molecule has 7 heteroatoms. The smallest absolute Gasteiger partial charge is 0.254 e. The molecule has 1 aromatic carbocycles. The number of benzene rings is 1. The summed E-state index contributed by atoms with van der Waals surface area (Å²) in [6.45, 7) is 4.58. The predicted octanol–water partition coefficient (Wildman–Crippen LogP) is 2.53. The summed E-state index contributed by atoms with van der Waals surface area (Å²) in [4.78, 5) is 24.9. The lowest BCUT2D eigenvalue weighted by molar-refractivity contribution is 0.122. The normalized spacial score (nSPS) is 21.8. The van der Waals surface area contributed by atoms with E-state index in [2.05, 4.69) is 33.0 Å². The summed E-state index contributed by atoms with van der Waals surface area (Å²) in [5.74, 6) is 2.53. The number of anilines is 2. The summed E-state index contributed by atoms with van der Waals surface area (Å²) in [5.41, 5.74) is 2.50. The van der Waals surface area contributed by atoms with Crippen LogP contribution in [0.15, 0.2) is 29.1 Å². The van der Waals surface area contributed by atoms with Gasteiger partial charge in [0.05, 0.1) is 19.8 Å². The molecular weight excluding hydrogens is 380 g/mol. The fourth-order valence-corrected chi connectivity index (χ4v) is 4.89. The molecule has 0 spiro atoms. The molecule has 0 radical (unpaired) electrons. The van der Waals surface area contributed by atoms with Gasteiger partial charge in [-0.1, -0.05) is 31.0 Å². The van der Waals surface area contributed by atoms with Crippen LogP contribution in [0.5, 0.6) is 5.75 Å². The van der Waals surface area contributed by atoms with Gasteiger partial charge in [-0.2, -0.15) is 4.98 Å². The zero-order chi connectivity index (χ0) is 20.3. The summed E-state index contributed by atoms with van der Waals surface area (Å²) in [7, 11) is 0. The number of morpholine rings is 1. The highest BCUT2D eigenvalue weighted by Crippen LogP contribution is 2.33. The maximum absolute atomic E-state index is 12.5. The number of fused-ring (bicyclic) bond motifs is 1. The number of rotatable bonds is 4. The van der Waals surface area contributed by atoms with E-state index in [1.165, 1.54) is 24.0 Å². The molecule has 4 heterocycles. The fourth-order valence-electron chi connectivity index (χ4n) is 4.89. The first-order valence-corrected chi connectivity index (χ1v) is 11.2. The van der Waals surface area contributed by atoms with Crippen LogP contribution in [0.2, 0.25) is 0 Å². The van der Waals surface area contributed by atoms with Crippen molar-refractivity contribution < 1.29 is 9.47 Å². The maximum atomic E-state index is 12.5. The molecule has 7 nitrogen and oxygen atoms in total. The van der Waals surface area contributed by atoms with E-state index in [9.17, 15) is 4.79 Å². The van der Waals surface area contributed by atoms with Crippen molar-refractivity contribution in [2.45, 2.75) is 44.6 Å². The topological polar surface area (TPSA) is 70.7 Å². The van der Waals surface area contributed by atoms with Gasteiger partial charge in [-0.05, 0) is 30.4 Å². The van der Waals surface area contributed by atoms with Crippen LogP contribution in [-0.4, -0.2) is 55.5 Å². The molecule has 1 atom stereocenters. The Hall–Kier alpha value is -2.54. The summed E-state index contributed by atoms with van der Waals surface area (Å²) in [5, 5.41) is 0. The lowest BCUT2D eigenvalue weighted by Crippen LogP contribution is -2.41. The summed E-state index contributed by atoms with van der Waals surface area (Å²) >= 11 is 0. The Morgan fingerprint density at radius 3 is 2.90 bits per heavy atom. The van der Waals surface area contributed by atoms with Crippen molar-refractivity contribution in [3.63, 3.8) is 0 Å². The second-order valence-electron chi connectivity index (χ2n) is 8.43. The molecule has 30 heavy (non-hydrogen) atoms. The molecule has 1 N–H and O–H groups in total. The monoisotopic (exact) mass is 410 g/mol. The minimum absolute atomic E-state index is 0.0894. The third-order valence-electron chi connectivity index (χ3n) is 6.45. The zero-order valence-corrected chi connectivity index (χ0v) is 17.4. The molecule has 0 aliphatic carbocycles. The van der Waals surface area contributed by atoms with Crippen LogP contribution < -0.4 is 20.1 Å². The Kier molecular flexibility index (Phi) is 5.62. The molecular formula is C23H30N4O3. The standard InChI is InChI=1S/C23H30N4O3/c28-21-16-20(26-10-13-29-14-11-26)24-23(25-21)27-9-3-1-2-7-19(27)15-18-6-4-5-17-8-12-30-22(17)18/h4-6,16,19H,1-3,7-15H2,(H,24,25,28). The molecule has 2 aromatic rings. The zero-order valence-electron chi connectivity index (χ0n) is 17.4. The number of nitrogens with zero attached hydrogens (tertiary/aromatic N) is 3. The molecule has 160 valence electrons. The number of aromatic amines is 1. The average molecular weight is 411 g/mol. The summed E-state index contributed by atoms with van der Waals surface area (Å²) < 4.78 is 11.4. The molecule has 1 unspecified atom stereocenters. The van der Waals surface area contributed by atoms with Crippen molar-refractivity contribution >= 4 is 11.8 Å². The first kappa shape index (κ1) is 19.4. The van der Waals surface area contributed by atoms with Gasteiger partial charge in [0.2, 0.25) is 5.95 Å². The lowest BCUT2D eigenvalue weighted by atomic mass is 9.98. The molecule has 0 bridgehead atoms. The van der Waals surface area contributed by atoms with E-state index in [-0.39, 0.29) is 5.56 Å². The van der Waals surface area contributed by atoms with Gasteiger partial charge in [0.1, 0.15) is 11.6 Å². The Balaban J connectivity index is 1.44. The van der Waals surface area contributed by atoms with Crippen LogP contribution in [0.1, 0.15) is 36.8 Å². The third kappa shape index (κ3) is 4.03. The highest BCUT2D eigenvalue weighted by molar-refractivity contribution is 5.47. The number of H-pyrrole nitrogens is 1. The molecule has 2 saturated heterocycles. The molecule has 3 aliphatic heterocycles. The van der Waals surface area contributed by atoms with E-state index in [4.69, 9.17) is 14.5 Å². The molecule has 0 amide bonds. The molecule has 3 aliphatic rings. The van der Waals surface area contributed by atoms with E-state index >= 15 is 0 Å². The maximum Gasteiger partial charge on any atom is 0.254 e. The molecule has 0 saturated carbocycles. The number of hydrogen-bond donors (Lipinski definition) is 1. The second kappa shape index (κ2) is 8.68. The quantitative estimate of drug-likeness (QED) is 0.835. The van der Waals surface area contributed by atoms with E-state index in [0.717, 1.165) is 63.5 Å². The van der Waals surface area contributed by atoms with Gasteiger partial charge in [-0.25, -0.2) is 0 Å². The van der Waals surface area contributed by atoms with Gasteiger partial charge >= 0.3 is 0 Å². The van der Waals surface area contributed by atoms with E-state index in [1.54, 1.807) is 6.07 Å². The van der Waals surface area contributed by atoms with Crippen molar-refractivity contribution in [2.75, 3.05) is 49.3 Å². The fraction of sp³-hybridized carbons (Fsp3) is 0.565. The molecule has 5 rings (SSSR count). The van der Waals surface area contributed by atoms with Gasteiger partial charge in [-0.15, -0.1) is 0 Å². The van der Waals surface area contributed by atoms with Crippen LogP contribution in [0.4, 0.5) is 11.8 Å². The Bertz CT molecular complexity index is 938. The molecule has 2 fully saturated rings. The van der Waals surface area contributed by atoms with Crippen molar-refractivity contribution in [1.82, 2.24) is 9.97 Å². The number of hydrogen-bond acceptors (Lipinski definition) is 6. The first-order chi connectivity index (χ1) is 14.8. The Labute approximate surface area is 177 Å². The van der Waals surface area contributed by atoms with Crippen LogP contribution >= 0.6 is 0 Å². The largest absolute Gasteiger partial charge is 0.493 e. The highest BCUT2D eigenvalue weighted by atomic mass is 16.5.